The lowest BCUT2D eigenvalue weighted by atomic mass is 9.64. The number of Topliss-reactive ketones (excluding diaryl/α,β-unsaturated/α-hetero) is 1. The van der Waals surface area contributed by atoms with Crippen LogP contribution >= 0.6 is 11.6 Å². The molecule has 4 aromatic rings. The van der Waals surface area contributed by atoms with Gasteiger partial charge in [0.1, 0.15) is 11.5 Å². The van der Waals surface area contributed by atoms with E-state index >= 15 is 0 Å². The van der Waals surface area contributed by atoms with Crippen molar-refractivity contribution in [2.45, 2.75) is 17.5 Å². The molecule has 3 aliphatic heterocycles. The lowest BCUT2D eigenvalue weighted by Gasteiger charge is -2.37. The molecule has 3 aliphatic rings. The quantitative estimate of drug-likeness (QED) is 0.311. The first-order chi connectivity index (χ1) is 19.5. The molecule has 0 radical (unpaired) electrons. The third kappa shape index (κ3) is 3.46. The molecule has 4 aromatic carbocycles. The molecule has 1 saturated heterocycles. The Morgan fingerprint density at radius 2 is 1.55 bits per heavy atom. The molecule has 0 bridgehead atoms. The Morgan fingerprint density at radius 1 is 0.850 bits per heavy atom. The Kier molecular flexibility index (Phi) is 5.61. The number of ketones is 1. The van der Waals surface area contributed by atoms with Crippen molar-refractivity contribution >= 4 is 52.3 Å². The van der Waals surface area contributed by atoms with Crippen molar-refractivity contribution in [1.29, 1.82) is 0 Å². The summed E-state index contributed by atoms with van der Waals surface area (Å²) in [6, 6.07) is 29.4. The number of rotatable bonds is 4. The summed E-state index contributed by atoms with van der Waals surface area (Å²) < 4.78 is 0. The van der Waals surface area contributed by atoms with Crippen LogP contribution in [0.3, 0.4) is 0 Å². The van der Waals surface area contributed by atoms with Gasteiger partial charge < -0.3 is 15.5 Å². The lowest BCUT2D eigenvalue weighted by molar-refractivity contribution is -0.122. The molecular weight excluding hydrogens is 522 g/mol. The third-order valence-corrected chi connectivity index (χ3v) is 8.52. The molecular formula is C33H24ClN3O3. The Balaban J connectivity index is 1.49. The number of carbonyl (C=O) groups is 3. The third-order valence-electron chi connectivity index (χ3n) is 8.26. The molecule has 40 heavy (non-hydrogen) atoms. The van der Waals surface area contributed by atoms with Crippen LogP contribution < -0.4 is 15.5 Å². The van der Waals surface area contributed by atoms with Gasteiger partial charge in [-0.1, -0.05) is 78.4 Å². The largest absolute Gasteiger partial charge is 0.350 e. The van der Waals surface area contributed by atoms with Crippen molar-refractivity contribution in [1.82, 2.24) is 0 Å². The van der Waals surface area contributed by atoms with E-state index in [2.05, 4.69) is 10.6 Å². The predicted octanol–water partition coefficient (Wildman–Crippen LogP) is 5.95. The molecule has 0 saturated carbocycles. The van der Waals surface area contributed by atoms with Crippen molar-refractivity contribution in [3.63, 3.8) is 0 Å². The molecule has 3 heterocycles. The minimum atomic E-state index is -1.35. The van der Waals surface area contributed by atoms with Crippen LogP contribution in [0.5, 0.6) is 0 Å². The van der Waals surface area contributed by atoms with Gasteiger partial charge in [0, 0.05) is 27.6 Å². The zero-order valence-electron chi connectivity index (χ0n) is 21.3. The number of para-hydroxylation sites is 3. The van der Waals surface area contributed by atoms with Gasteiger partial charge in [0.2, 0.25) is 11.8 Å². The summed E-state index contributed by atoms with van der Waals surface area (Å²) in [5.41, 5.74) is 2.72. The van der Waals surface area contributed by atoms with Gasteiger partial charge in [-0.2, -0.15) is 0 Å². The van der Waals surface area contributed by atoms with E-state index < -0.39 is 23.4 Å². The van der Waals surface area contributed by atoms with Crippen LogP contribution in [0.2, 0.25) is 5.02 Å². The van der Waals surface area contributed by atoms with Crippen LogP contribution in [0.4, 0.5) is 17.1 Å². The second-order valence-corrected chi connectivity index (χ2v) is 10.7. The number of benzene rings is 4. The fourth-order valence-electron chi connectivity index (χ4n) is 6.65. The Hall–Kier alpha value is -4.68. The van der Waals surface area contributed by atoms with Gasteiger partial charge in [-0.15, -0.1) is 0 Å². The van der Waals surface area contributed by atoms with Crippen LogP contribution in [0.25, 0.3) is 6.08 Å². The summed E-state index contributed by atoms with van der Waals surface area (Å²) >= 11 is 6.15. The van der Waals surface area contributed by atoms with Gasteiger partial charge in [0.15, 0.2) is 5.78 Å². The SMILES string of the molecule is O=C(Nc1ccccc1)[C@@H]1[C@@H](C(=O)c2ccc(Cl)cc2)[C@]2(C(=O)Nc3ccccc32)[C@H]2C=Cc3ccccc3N12. The fourth-order valence-corrected chi connectivity index (χ4v) is 6.78. The highest BCUT2D eigenvalue weighted by Gasteiger charge is 2.70. The first kappa shape index (κ1) is 24.4. The summed E-state index contributed by atoms with van der Waals surface area (Å²) in [7, 11) is 0. The molecule has 7 heteroatoms. The Labute approximate surface area is 236 Å². The second kappa shape index (κ2) is 9.21. The van der Waals surface area contributed by atoms with Crippen molar-refractivity contribution in [3.05, 3.63) is 131 Å². The number of amides is 2. The van der Waals surface area contributed by atoms with E-state index in [1.807, 2.05) is 83.8 Å². The number of nitrogens with one attached hydrogen (secondary N) is 2. The molecule has 1 spiro atoms. The smallest absolute Gasteiger partial charge is 0.247 e. The molecule has 7 rings (SSSR count). The molecule has 6 nitrogen and oxygen atoms in total. The molecule has 2 amide bonds. The number of hydrogen-bond acceptors (Lipinski definition) is 4. The van der Waals surface area contributed by atoms with Gasteiger partial charge in [0.25, 0.3) is 0 Å². The van der Waals surface area contributed by atoms with Crippen LogP contribution in [0, 0.1) is 5.92 Å². The average molecular weight is 546 g/mol. The van der Waals surface area contributed by atoms with Gasteiger partial charge in [-0.25, -0.2) is 0 Å². The first-order valence-electron chi connectivity index (χ1n) is 13.1. The maximum Gasteiger partial charge on any atom is 0.247 e. The maximum atomic E-state index is 14.6. The van der Waals surface area contributed by atoms with E-state index in [9.17, 15) is 14.4 Å². The number of anilines is 3. The van der Waals surface area contributed by atoms with E-state index in [1.165, 1.54) is 0 Å². The minimum absolute atomic E-state index is 0.294. The standard InChI is InChI=1S/C33H24ClN3O3/c34-22-17-14-21(15-18-22)30(38)28-29(31(39)35-23-9-2-1-3-10-23)37-26-13-7-4-8-20(26)16-19-27(37)33(28)24-11-5-6-12-25(24)36-32(33)40/h1-19,27-29H,(H,35,39)(H,36,40)/t27-,28+,29+,33-/m1/s1. The van der Waals surface area contributed by atoms with Crippen LogP contribution in [0.1, 0.15) is 21.5 Å². The van der Waals surface area contributed by atoms with Crippen molar-refractivity contribution < 1.29 is 14.4 Å². The summed E-state index contributed by atoms with van der Waals surface area (Å²) in [6.07, 6.45) is 3.94. The van der Waals surface area contributed by atoms with Crippen molar-refractivity contribution in [3.8, 4) is 0 Å². The second-order valence-electron chi connectivity index (χ2n) is 10.3. The number of halogens is 1. The first-order valence-corrected chi connectivity index (χ1v) is 13.5. The number of carbonyl (C=O) groups excluding carboxylic acids is 3. The highest BCUT2D eigenvalue weighted by atomic mass is 35.5. The number of fused-ring (bicyclic) bond motifs is 6. The normalized spacial score (nSPS) is 23.8. The fraction of sp³-hybridized carbons (Fsp3) is 0.121. The van der Waals surface area contributed by atoms with Gasteiger partial charge in [-0.05, 0) is 59.7 Å². The highest BCUT2D eigenvalue weighted by Crippen LogP contribution is 2.57. The zero-order chi connectivity index (χ0) is 27.4. The maximum absolute atomic E-state index is 14.6. The zero-order valence-corrected chi connectivity index (χ0v) is 22.0. The number of hydrogen-bond donors (Lipinski definition) is 2. The van der Waals surface area contributed by atoms with Gasteiger partial charge >= 0.3 is 0 Å². The lowest BCUT2D eigenvalue weighted by Crippen LogP contribution is -2.51. The molecule has 0 aliphatic carbocycles. The van der Waals surface area contributed by atoms with E-state index in [4.69, 9.17) is 11.6 Å². The summed E-state index contributed by atoms with van der Waals surface area (Å²) in [5, 5.41) is 6.56. The summed E-state index contributed by atoms with van der Waals surface area (Å²) in [5.74, 6) is -1.99. The minimum Gasteiger partial charge on any atom is -0.350 e. The predicted molar refractivity (Wildman–Crippen MR) is 157 cm³/mol. The van der Waals surface area contributed by atoms with Crippen molar-refractivity contribution in [2.75, 3.05) is 15.5 Å². The van der Waals surface area contributed by atoms with Crippen molar-refractivity contribution in [2.24, 2.45) is 5.92 Å². The molecule has 0 unspecified atom stereocenters. The Bertz CT molecular complexity index is 1700. The number of nitrogens with zero attached hydrogens (tertiary/aromatic N) is 1. The van der Waals surface area contributed by atoms with E-state index in [0.29, 0.717) is 27.5 Å². The highest BCUT2D eigenvalue weighted by molar-refractivity contribution is 6.30. The summed E-state index contributed by atoms with van der Waals surface area (Å²) in [4.78, 5) is 45.2. The molecule has 2 N–H and O–H groups in total. The van der Waals surface area contributed by atoms with Crippen LogP contribution in [-0.4, -0.2) is 29.7 Å². The summed E-state index contributed by atoms with van der Waals surface area (Å²) in [6.45, 7) is 0. The average Bonchev–Trinajstić information content (AvgIpc) is 3.46. The monoisotopic (exact) mass is 545 g/mol. The van der Waals surface area contributed by atoms with E-state index in [0.717, 1.165) is 11.3 Å². The molecule has 0 aromatic heterocycles. The molecule has 4 atom stereocenters. The van der Waals surface area contributed by atoms with Crippen LogP contribution in [-0.2, 0) is 15.0 Å². The van der Waals surface area contributed by atoms with Crippen LogP contribution in [0.15, 0.2) is 109 Å². The molecule has 1 fully saturated rings. The van der Waals surface area contributed by atoms with E-state index in [-0.39, 0.29) is 17.6 Å². The van der Waals surface area contributed by atoms with Gasteiger partial charge in [-0.3, -0.25) is 14.4 Å². The van der Waals surface area contributed by atoms with E-state index in [1.54, 1.807) is 36.4 Å². The molecule has 196 valence electrons. The Morgan fingerprint density at radius 3 is 2.35 bits per heavy atom. The van der Waals surface area contributed by atoms with Gasteiger partial charge in [0.05, 0.1) is 12.0 Å². The topological polar surface area (TPSA) is 78.5 Å².